The Bertz CT molecular complexity index is 656. The molecule has 0 aliphatic carbocycles. The molecule has 1 aliphatic heterocycles. The van der Waals surface area contributed by atoms with Crippen molar-refractivity contribution in [3.05, 3.63) is 66.2 Å². The Hall–Kier alpha value is -2.29. The molecule has 1 heterocycles. The minimum absolute atomic E-state index is 0.0444. The van der Waals surface area contributed by atoms with Gasteiger partial charge in [0.25, 0.3) is 0 Å². The van der Waals surface area contributed by atoms with E-state index in [1.54, 1.807) is 0 Å². The lowest BCUT2D eigenvalue weighted by atomic mass is 10.0. The number of likely N-dealkylation sites (tertiary alicyclic amines) is 1. The van der Waals surface area contributed by atoms with Gasteiger partial charge in [-0.05, 0) is 36.5 Å². The van der Waals surface area contributed by atoms with E-state index in [1.807, 2.05) is 53.4 Å². The van der Waals surface area contributed by atoms with Gasteiger partial charge in [0.1, 0.15) is 11.9 Å². The van der Waals surface area contributed by atoms with Crippen molar-refractivity contribution in [3.63, 3.8) is 0 Å². The zero-order chi connectivity index (χ0) is 17.5. The molecule has 0 aromatic heterocycles. The second kappa shape index (κ2) is 8.70. The Morgan fingerprint density at radius 1 is 1.04 bits per heavy atom. The quantitative estimate of drug-likeness (QED) is 0.754. The Morgan fingerprint density at radius 3 is 2.44 bits per heavy atom. The number of amides is 1. The minimum Gasteiger partial charge on any atom is -0.486 e. The van der Waals surface area contributed by atoms with Crippen LogP contribution in [0.25, 0.3) is 0 Å². The van der Waals surface area contributed by atoms with Crippen LogP contribution >= 0.6 is 0 Å². The molecule has 2 aromatic rings. The van der Waals surface area contributed by atoms with Crippen molar-refractivity contribution in [2.24, 2.45) is 5.92 Å². The molecule has 25 heavy (non-hydrogen) atoms. The van der Waals surface area contributed by atoms with Crippen molar-refractivity contribution in [1.29, 1.82) is 0 Å². The Labute approximate surface area is 150 Å². The minimum atomic E-state index is -0.0444. The topological polar surface area (TPSA) is 29.5 Å². The lowest BCUT2D eigenvalue weighted by Crippen LogP contribution is -2.32. The van der Waals surface area contributed by atoms with E-state index in [0.717, 1.165) is 43.7 Å². The molecule has 0 unspecified atom stereocenters. The van der Waals surface area contributed by atoms with Crippen LogP contribution in [0.5, 0.6) is 5.75 Å². The van der Waals surface area contributed by atoms with Gasteiger partial charge < -0.3 is 9.64 Å². The van der Waals surface area contributed by atoms with Crippen molar-refractivity contribution in [2.75, 3.05) is 13.1 Å². The van der Waals surface area contributed by atoms with Gasteiger partial charge in [-0.15, -0.1) is 0 Å². The van der Waals surface area contributed by atoms with Crippen molar-refractivity contribution in [1.82, 2.24) is 4.90 Å². The normalized spacial score (nSPS) is 19.3. The second-order valence-electron chi connectivity index (χ2n) is 6.93. The summed E-state index contributed by atoms with van der Waals surface area (Å²) >= 11 is 0. The molecule has 0 N–H and O–H groups in total. The van der Waals surface area contributed by atoms with Crippen LogP contribution in [0.15, 0.2) is 60.7 Å². The SMILES string of the molecule is C[C@@H]1CCC(=O)N(CC[C@H](Oc2ccccc2)c2ccccc2)CC1. The third-order valence-corrected chi connectivity index (χ3v) is 4.95. The van der Waals surface area contributed by atoms with E-state index in [9.17, 15) is 4.79 Å². The fraction of sp³-hybridized carbons (Fsp3) is 0.409. The van der Waals surface area contributed by atoms with Gasteiger partial charge >= 0.3 is 0 Å². The van der Waals surface area contributed by atoms with E-state index in [0.29, 0.717) is 12.3 Å². The Morgan fingerprint density at radius 2 is 1.72 bits per heavy atom. The summed E-state index contributed by atoms with van der Waals surface area (Å²) in [6.45, 7) is 3.85. The predicted octanol–water partition coefficient (Wildman–Crippen LogP) is 4.85. The lowest BCUT2D eigenvalue weighted by molar-refractivity contribution is -0.130. The highest BCUT2D eigenvalue weighted by molar-refractivity contribution is 5.76. The van der Waals surface area contributed by atoms with Crippen molar-refractivity contribution in [3.8, 4) is 5.75 Å². The molecule has 0 spiro atoms. The summed E-state index contributed by atoms with van der Waals surface area (Å²) in [6.07, 6.45) is 3.55. The second-order valence-corrected chi connectivity index (χ2v) is 6.93. The number of nitrogens with zero attached hydrogens (tertiary/aromatic N) is 1. The smallest absolute Gasteiger partial charge is 0.222 e. The standard InChI is InChI=1S/C22H27NO2/c1-18-12-13-22(24)23(16-14-18)17-15-21(19-8-4-2-5-9-19)25-20-10-6-3-7-11-20/h2-11,18,21H,12-17H2,1H3/t18-,21+/m1/s1. The molecule has 1 amide bonds. The first kappa shape index (κ1) is 17.5. The molecule has 0 radical (unpaired) electrons. The van der Waals surface area contributed by atoms with Crippen LogP contribution < -0.4 is 4.74 Å². The van der Waals surface area contributed by atoms with Gasteiger partial charge in [0.2, 0.25) is 5.91 Å². The first-order valence-corrected chi connectivity index (χ1v) is 9.27. The molecule has 0 bridgehead atoms. The van der Waals surface area contributed by atoms with E-state index in [4.69, 9.17) is 4.74 Å². The number of ether oxygens (including phenoxy) is 1. The molecule has 3 heteroatoms. The van der Waals surface area contributed by atoms with E-state index < -0.39 is 0 Å². The van der Waals surface area contributed by atoms with Gasteiger partial charge in [-0.2, -0.15) is 0 Å². The number of hydrogen-bond acceptors (Lipinski definition) is 2. The van der Waals surface area contributed by atoms with Crippen molar-refractivity contribution < 1.29 is 9.53 Å². The van der Waals surface area contributed by atoms with E-state index in [2.05, 4.69) is 19.1 Å². The van der Waals surface area contributed by atoms with Gasteiger partial charge in [-0.3, -0.25) is 4.79 Å². The lowest BCUT2D eigenvalue weighted by Gasteiger charge is -2.25. The predicted molar refractivity (Wildman–Crippen MR) is 100 cm³/mol. The first-order valence-electron chi connectivity index (χ1n) is 9.27. The third kappa shape index (κ3) is 5.09. The van der Waals surface area contributed by atoms with Crippen LogP contribution in [0.2, 0.25) is 0 Å². The molecule has 3 rings (SSSR count). The number of carbonyl (C=O) groups is 1. The van der Waals surface area contributed by atoms with Gasteiger partial charge in [0.15, 0.2) is 0 Å². The maximum Gasteiger partial charge on any atom is 0.222 e. The average molecular weight is 337 g/mol. The fourth-order valence-corrected chi connectivity index (χ4v) is 3.31. The molecule has 1 fully saturated rings. The zero-order valence-electron chi connectivity index (χ0n) is 14.9. The molecule has 3 nitrogen and oxygen atoms in total. The summed E-state index contributed by atoms with van der Waals surface area (Å²) in [4.78, 5) is 14.4. The molecular weight excluding hydrogens is 310 g/mol. The van der Waals surface area contributed by atoms with Crippen LogP contribution in [0.4, 0.5) is 0 Å². The maximum atomic E-state index is 12.4. The highest BCUT2D eigenvalue weighted by Gasteiger charge is 2.22. The van der Waals surface area contributed by atoms with Crippen molar-refractivity contribution >= 4 is 5.91 Å². The van der Waals surface area contributed by atoms with Crippen LogP contribution in [0.3, 0.4) is 0 Å². The molecule has 1 aliphatic rings. The summed E-state index contributed by atoms with van der Waals surface area (Å²) in [7, 11) is 0. The Kier molecular flexibility index (Phi) is 6.10. The largest absolute Gasteiger partial charge is 0.486 e. The summed E-state index contributed by atoms with van der Waals surface area (Å²) in [5.74, 6) is 1.79. The van der Waals surface area contributed by atoms with Crippen LogP contribution in [-0.2, 0) is 4.79 Å². The summed E-state index contributed by atoms with van der Waals surface area (Å²) < 4.78 is 6.24. The van der Waals surface area contributed by atoms with Crippen LogP contribution in [0.1, 0.15) is 44.3 Å². The maximum absolute atomic E-state index is 12.4. The monoisotopic (exact) mass is 337 g/mol. The number of carbonyl (C=O) groups excluding carboxylic acids is 1. The third-order valence-electron chi connectivity index (χ3n) is 4.95. The van der Waals surface area contributed by atoms with Gasteiger partial charge in [-0.1, -0.05) is 55.5 Å². The zero-order valence-corrected chi connectivity index (χ0v) is 14.9. The van der Waals surface area contributed by atoms with E-state index in [1.165, 1.54) is 0 Å². The number of rotatable bonds is 6. The first-order chi connectivity index (χ1) is 12.2. The average Bonchev–Trinajstić information content (AvgIpc) is 2.82. The summed E-state index contributed by atoms with van der Waals surface area (Å²) in [6, 6.07) is 20.2. The van der Waals surface area contributed by atoms with Gasteiger partial charge in [0, 0.05) is 25.9 Å². The molecular formula is C22H27NO2. The molecule has 0 saturated carbocycles. The van der Waals surface area contributed by atoms with Crippen LogP contribution in [-0.4, -0.2) is 23.9 Å². The fourth-order valence-electron chi connectivity index (χ4n) is 3.31. The van der Waals surface area contributed by atoms with Gasteiger partial charge in [0.05, 0.1) is 0 Å². The highest BCUT2D eigenvalue weighted by Crippen LogP contribution is 2.26. The molecule has 2 aromatic carbocycles. The molecule has 2 atom stereocenters. The number of benzene rings is 2. The van der Waals surface area contributed by atoms with Crippen LogP contribution in [0, 0.1) is 5.92 Å². The summed E-state index contributed by atoms with van der Waals surface area (Å²) in [5.41, 5.74) is 1.15. The molecule has 1 saturated heterocycles. The Balaban J connectivity index is 1.68. The summed E-state index contributed by atoms with van der Waals surface area (Å²) in [5, 5.41) is 0. The van der Waals surface area contributed by atoms with E-state index >= 15 is 0 Å². The number of para-hydroxylation sites is 1. The van der Waals surface area contributed by atoms with E-state index in [-0.39, 0.29) is 12.0 Å². The highest BCUT2D eigenvalue weighted by atomic mass is 16.5. The molecule has 132 valence electrons. The van der Waals surface area contributed by atoms with Crippen molar-refractivity contribution in [2.45, 2.75) is 38.7 Å². The van der Waals surface area contributed by atoms with Gasteiger partial charge in [-0.25, -0.2) is 0 Å². The number of hydrogen-bond donors (Lipinski definition) is 0.